The predicted octanol–water partition coefficient (Wildman–Crippen LogP) is 3.26. The van der Waals surface area contributed by atoms with Crippen LogP contribution in [0.15, 0.2) is 59.1 Å². The second-order valence-corrected chi connectivity index (χ2v) is 6.46. The van der Waals surface area contributed by atoms with Crippen molar-refractivity contribution in [2.24, 2.45) is 0 Å². The van der Waals surface area contributed by atoms with E-state index in [0.717, 1.165) is 5.56 Å². The minimum absolute atomic E-state index is 0.223. The van der Waals surface area contributed by atoms with E-state index < -0.39 is 0 Å². The number of benzene rings is 2. The zero-order valence-electron chi connectivity index (χ0n) is 15.6. The van der Waals surface area contributed by atoms with Crippen molar-refractivity contribution in [3.05, 3.63) is 60.3 Å². The molecule has 0 radical (unpaired) electrons. The topological polar surface area (TPSA) is 74.0 Å². The van der Waals surface area contributed by atoms with Crippen molar-refractivity contribution in [3.8, 4) is 28.6 Å². The zero-order chi connectivity index (χ0) is 19.5. The number of para-hydroxylation sites is 3. The first-order chi connectivity index (χ1) is 13.7. The van der Waals surface area contributed by atoms with Crippen LogP contribution in [-0.4, -0.2) is 49.4 Å². The molecular formula is C21H20N2O5. The minimum Gasteiger partial charge on any atom is -0.496 e. The van der Waals surface area contributed by atoms with Crippen LogP contribution in [0.25, 0.3) is 11.3 Å². The first-order valence-corrected chi connectivity index (χ1v) is 8.90. The van der Waals surface area contributed by atoms with Gasteiger partial charge in [0, 0.05) is 13.1 Å². The number of carbonyl (C=O) groups is 1. The van der Waals surface area contributed by atoms with E-state index in [0.29, 0.717) is 36.2 Å². The molecule has 0 fully saturated rings. The maximum atomic E-state index is 12.7. The second-order valence-electron chi connectivity index (χ2n) is 6.46. The van der Waals surface area contributed by atoms with Crippen LogP contribution in [0, 0.1) is 0 Å². The summed E-state index contributed by atoms with van der Waals surface area (Å²) in [4.78, 5) is 14.3. The molecule has 1 amide bonds. The predicted molar refractivity (Wildman–Crippen MR) is 102 cm³/mol. The number of likely N-dealkylation sites (N-methyl/N-ethyl adjacent to an activating group) is 1. The number of hydrogen-bond donors (Lipinski definition) is 0. The lowest BCUT2D eigenvalue weighted by Crippen LogP contribution is -2.41. The summed E-state index contributed by atoms with van der Waals surface area (Å²) in [6.07, 6.45) is -0.260. The van der Waals surface area contributed by atoms with Gasteiger partial charge < -0.3 is 23.6 Å². The quantitative estimate of drug-likeness (QED) is 0.676. The first kappa shape index (κ1) is 17.9. The Morgan fingerprint density at radius 3 is 2.75 bits per heavy atom. The Labute approximate surface area is 162 Å². The van der Waals surface area contributed by atoms with E-state index in [1.54, 1.807) is 25.1 Å². The highest BCUT2D eigenvalue weighted by Crippen LogP contribution is 2.32. The molecule has 1 unspecified atom stereocenters. The SMILES string of the molecule is COc1ccccc1-c1cc(C(=O)N(C)CC2COc3ccccc3O2)no1. The molecule has 0 bridgehead atoms. The molecule has 7 heteroatoms. The van der Waals surface area contributed by atoms with E-state index >= 15 is 0 Å². The van der Waals surface area contributed by atoms with Gasteiger partial charge in [0.2, 0.25) is 0 Å². The molecule has 0 spiro atoms. The van der Waals surface area contributed by atoms with Gasteiger partial charge in [-0.25, -0.2) is 0 Å². The van der Waals surface area contributed by atoms with Crippen molar-refractivity contribution < 1.29 is 23.5 Å². The normalized spacial score (nSPS) is 15.1. The molecule has 0 aliphatic carbocycles. The molecule has 4 rings (SSSR count). The van der Waals surface area contributed by atoms with E-state index in [1.807, 2.05) is 48.5 Å². The van der Waals surface area contributed by atoms with Crippen LogP contribution in [0.5, 0.6) is 17.2 Å². The first-order valence-electron chi connectivity index (χ1n) is 8.90. The van der Waals surface area contributed by atoms with Crippen LogP contribution in [0.1, 0.15) is 10.5 Å². The summed E-state index contributed by atoms with van der Waals surface area (Å²) in [5.74, 6) is 2.26. The second kappa shape index (κ2) is 7.64. The lowest BCUT2D eigenvalue weighted by atomic mass is 10.1. The van der Waals surface area contributed by atoms with E-state index in [4.69, 9.17) is 18.7 Å². The fourth-order valence-corrected chi connectivity index (χ4v) is 3.09. The number of hydrogen-bond acceptors (Lipinski definition) is 6. The molecule has 1 atom stereocenters. The number of ether oxygens (including phenoxy) is 3. The van der Waals surface area contributed by atoms with E-state index in [9.17, 15) is 4.79 Å². The largest absolute Gasteiger partial charge is 0.496 e. The summed E-state index contributed by atoms with van der Waals surface area (Å²) in [5.41, 5.74) is 0.959. The average Bonchev–Trinajstić information content (AvgIpc) is 3.23. The third-order valence-corrected chi connectivity index (χ3v) is 4.49. The number of methoxy groups -OCH3 is 1. The molecule has 3 aromatic rings. The van der Waals surface area contributed by atoms with Crippen molar-refractivity contribution in [1.82, 2.24) is 10.1 Å². The molecule has 28 heavy (non-hydrogen) atoms. The number of carbonyl (C=O) groups excluding carboxylic acids is 1. The Balaban J connectivity index is 1.44. The van der Waals surface area contributed by atoms with Crippen molar-refractivity contribution >= 4 is 5.91 Å². The standard InChI is InChI=1S/C21H20N2O5/c1-23(12-14-13-26-18-9-5-6-10-19(18)27-14)21(24)16-11-20(28-22-16)15-7-3-4-8-17(15)25-2/h3-11,14H,12-13H2,1-2H3. The van der Waals surface area contributed by atoms with Gasteiger partial charge >= 0.3 is 0 Å². The van der Waals surface area contributed by atoms with Crippen molar-refractivity contribution in [2.75, 3.05) is 27.3 Å². The van der Waals surface area contributed by atoms with Gasteiger partial charge in [-0.3, -0.25) is 4.79 Å². The molecule has 2 heterocycles. The van der Waals surface area contributed by atoms with Crippen LogP contribution >= 0.6 is 0 Å². The third kappa shape index (κ3) is 3.51. The van der Waals surface area contributed by atoms with Crippen LogP contribution in [0.2, 0.25) is 0 Å². The number of nitrogens with zero attached hydrogens (tertiary/aromatic N) is 2. The minimum atomic E-state index is -0.260. The molecule has 0 saturated carbocycles. The molecule has 0 saturated heterocycles. The summed E-state index contributed by atoms with van der Waals surface area (Å²) in [6, 6.07) is 16.5. The molecule has 1 aliphatic rings. The lowest BCUT2D eigenvalue weighted by molar-refractivity contribution is 0.0515. The van der Waals surface area contributed by atoms with Crippen LogP contribution in [0.4, 0.5) is 0 Å². The molecule has 144 valence electrons. The summed E-state index contributed by atoms with van der Waals surface area (Å²) in [7, 11) is 3.28. The van der Waals surface area contributed by atoms with Crippen LogP contribution in [-0.2, 0) is 0 Å². The molecule has 1 aromatic heterocycles. The Bertz CT molecular complexity index is 984. The fourth-order valence-electron chi connectivity index (χ4n) is 3.09. The number of amides is 1. The number of aromatic nitrogens is 1. The Hall–Kier alpha value is -3.48. The Morgan fingerprint density at radius 1 is 1.18 bits per heavy atom. The molecular weight excluding hydrogens is 360 g/mol. The van der Waals surface area contributed by atoms with Gasteiger partial charge in [0.05, 0.1) is 19.2 Å². The van der Waals surface area contributed by atoms with Crippen molar-refractivity contribution in [2.45, 2.75) is 6.10 Å². The summed E-state index contributed by atoms with van der Waals surface area (Å²) in [6.45, 7) is 0.740. The van der Waals surface area contributed by atoms with E-state index in [1.165, 1.54) is 0 Å². The average molecular weight is 380 g/mol. The van der Waals surface area contributed by atoms with Gasteiger partial charge in [-0.05, 0) is 24.3 Å². The van der Waals surface area contributed by atoms with Gasteiger partial charge in [0.25, 0.3) is 5.91 Å². The zero-order valence-corrected chi connectivity index (χ0v) is 15.6. The maximum Gasteiger partial charge on any atom is 0.275 e. The molecule has 7 nitrogen and oxygen atoms in total. The number of fused-ring (bicyclic) bond motifs is 1. The highest BCUT2D eigenvalue weighted by Gasteiger charge is 2.26. The number of rotatable bonds is 5. The van der Waals surface area contributed by atoms with Gasteiger partial charge in [0.1, 0.15) is 12.4 Å². The Kier molecular flexibility index (Phi) is 4.89. The molecule has 1 aliphatic heterocycles. The van der Waals surface area contributed by atoms with Gasteiger partial charge in [0.15, 0.2) is 29.1 Å². The smallest absolute Gasteiger partial charge is 0.275 e. The van der Waals surface area contributed by atoms with Crippen molar-refractivity contribution in [3.63, 3.8) is 0 Å². The van der Waals surface area contributed by atoms with Crippen LogP contribution in [0.3, 0.4) is 0 Å². The molecule has 2 aromatic carbocycles. The van der Waals surface area contributed by atoms with E-state index in [2.05, 4.69) is 5.16 Å². The fraction of sp³-hybridized carbons (Fsp3) is 0.238. The Morgan fingerprint density at radius 2 is 1.93 bits per heavy atom. The maximum absolute atomic E-state index is 12.7. The summed E-state index contributed by atoms with van der Waals surface area (Å²) < 4.78 is 22.3. The van der Waals surface area contributed by atoms with Gasteiger partial charge in [-0.2, -0.15) is 0 Å². The van der Waals surface area contributed by atoms with E-state index in [-0.39, 0.29) is 17.7 Å². The van der Waals surface area contributed by atoms with Gasteiger partial charge in [-0.1, -0.05) is 29.4 Å². The highest BCUT2D eigenvalue weighted by atomic mass is 16.6. The van der Waals surface area contributed by atoms with Crippen LogP contribution < -0.4 is 14.2 Å². The summed E-state index contributed by atoms with van der Waals surface area (Å²) >= 11 is 0. The summed E-state index contributed by atoms with van der Waals surface area (Å²) in [5, 5.41) is 3.92. The lowest BCUT2D eigenvalue weighted by Gasteiger charge is -2.29. The molecule has 0 N–H and O–H groups in total. The monoisotopic (exact) mass is 380 g/mol. The van der Waals surface area contributed by atoms with Crippen molar-refractivity contribution in [1.29, 1.82) is 0 Å². The highest BCUT2D eigenvalue weighted by molar-refractivity contribution is 5.93. The third-order valence-electron chi connectivity index (χ3n) is 4.49. The van der Waals surface area contributed by atoms with Gasteiger partial charge in [-0.15, -0.1) is 0 Å².